The summed E-state index contributed by atoms with van der Waals surface area (Å²) in [6.07, 6.45) is 4.57. The molecule has 1 aromatic heterocycles. The molecule has 0 aliphatic heterocycles. The molecule has 20 heavy (non-hydrogen) atoms. The molecule has 0 fully saturated rings. The van der Waals surface area contributed by atoms with E-state index in [1.54, 1.807) is 6.07 Å². The molecule has 2 aromatic rings. The third-order valence-corrected chi connectivity index (χ3v) is 2.70. The van der Waals surface area contributed by atoms with E-state index in [2.05, 4.69) is 10.5 Å². The zero-order valence-corrected chi connectivity index (χ0v) is 11.4. The largest absolute Gasteiger partial charge is 0.483 e. The zero-order chi connectivity index (χ0) is 14.4. The first-order valence-electron chi connectivity index (χ1n) is 6.20. The van der Waals surface area contributed by atoms with E-state index < -0.39 is 0 Å². The lowest BCUT2D eigenvalue weighted by atomic mass is 10.1. The molecule has 1 amide bonds. The minimum atomic E-state index is -0.313. The number of nitrogens with zero attached hydrogens (tertiary/aromatic N) is 1. The van der Waals surface area contributed by atoms with Gasteiger partial charge in [-0.2, -0.15) is 5.10 Å². The van der Waals surface area contributed by atoms with Crippen LogP contribution in [0.15, 0.2) is 46.3 Å². The second kappa shape index (κ2) is 6.56. The van der Waals surface area contributed by atoms with E-state index in [1.165, 1.54) is 18.7 Å². The molecule has 0 saturated carbocycles. The highest BCUT2D eigenvalue weighted by molar-refractivity contribution is 5.82. The molecule has 0 saturated heterocycles. The van der Waals surface area contributed by atoms with E-state index in [-0.39, 0.29) is 12.5 Å². The number of hydrogen-bond donors (Lipinski definition) is 1. The first-order valence-corrected chi connectivity index (χ1v) is 6.20. The summed E-state index contributed by atoms with van der Waals surface area (Å²) in [6.45, 7) is 3.81. The Morgan fingerprint density at radius 2 is 2.10 bits per heavy atom. The SMILES string of the molecule is Cc1cccc(C)c1OCC(=O)N/N=C/c1ccoc1. The maximum atomic E-state index is 11.6. The third kappa shape index (κ3) is 3.71. The molecule has 0 spiro atoms. The molecule has 0 radical (unpaired) electrons. The molecule has 0 unspecified atom stereocenters. The Labute approximate surface area is 117 Å². The summed E-state index contributed by atoms with van der Waals surface area (Å²) in [6, 6.07) is 7.57. The minimum absolute atomic E-state index is 0.0750. The van der Waals surface area contributed by atoms with Crippen molar-refractivity contribution in [3.63, 3.8) is 0 Å². The smallest absolute Gasteiger partial charge is 0.277 e. The van der Waals surface area contributed by atoms with Crippen LogP contribution in [-0.2, 0) is 4.79 Å². The van der Waals surface area contributed by atoms with Gasteiger partial charge in [-0.05, 0) is 31.0 Å². The quantitative estimate of drug-likeness (QED) is 0.671. The predicted octanol–water partition coefficient (Wildman–Crippen LogP) is 2.43. The number of furan rings is 1. The average Bonchev–Trinajstić information content (AvgIpc) is 2.91. The first-order chi connectivity index (χ1) is 9.66. The molecule has 1 heterocycles. The van der Waals surface area contributed by atoms with Gasteiger partial charge in [-0.1, -0.05) is 18.2 Å². The number of benzene rings is 1. The summed E-state index contributed by atoms with van der Waals surface area (Å²) in [5.41, 5.74) is 5.17. The Balaban J connectivity index is 1.83. The van der Waals surface area contributed by atoms with Gasteiger partial charge >= 0.3 is 0 Å². The van der Waals surface area contributed by atoms with Crippen LogP contribution in [-0.4, -0.2) is 18.7 Å². The average molecular weight is 272 g/mol. The van der Waals surface area contributed by atoms with Gasteiger partial charge in [0.2, 0.25) is 0 Å². The Hall–Kier alpha value is -2.56. The van der Waals surface area contributed by atoms with Gasteiger partial charge in [0.1, 0.15) is 5.75 Å². The number of carbonyl (C=O) groups excluding carboxylic acids is 1. The number of hydrazone groups is 1. The van der Waals surface area contributed by atoms with Crippen molar-refractivity contribution in [1.82, 2.24) is 5.43 Å². The molecular weight excluding hydrogens is 256 g/mol. The van der Waals surface area contributed by atoms with E-state index in [0.29, 0.717) is 0 Å². The van der Waals surface area contributed by atoms with Crippen LogP contribution in [0.1, 0.15) is 16.7 Å². The number of amides is 1. The predicted molar refractivity (Wildman–Crippen MR) is 75.9 cm³/mol. The second-order valence-electron chi connectivity index (χ2n) is 4.36. The number of carbonyl (C=O) groups is 1. The van der Waals surface area contributed by atoms with Crippen molar-refractivity contribution in [3.8, 4) is 5.75 Å². The summed E-state index contributed by atoms with van der Waals surface area (Å²) < 4.78 is 10.4. The van der Waals surface area contributed by atoms with Crippen LogP contribution in [0.2, 0.25) is 0 Å². The Bertz CT molecular complexity index is 583. The maximum Gasteiger partial charge on any atom is 0.277 e. The minimum Gasteiger partial charge on any atom is -0.483 e. The van der Waals surface area contributed by atoms with Gasteiger partial charge in [0.05, 0.1) is 18.7 Å². The van der Waals surface area contributed by atoms with Crippen molar-refractivity contribution in [1.29, 1.82) is 0 Å². The van der Waals surface area contributed by atoms with Crippen molar-refractivity contribution in [3.05, 3.63) is 53.5 Å². The molecule has 0 aliphatic carbocycles. The number of aryl methyl sites for hydroxylation is 2. The summed E-state index contributed by atoms with van der Waals surface area (Å²) >= 11 is 0. The van der Waals surface area contributed by atoms with Gasteiger partial charge in [-0.3, -0.25) is 4.79 Å². The number of rotatable bonds is 5. The van der Waals surface area contributed by atoms with E-state index in [4.69, 9.17) is 9.15 Å². The van der Waals surface area contributed by atoms with Gasteiger partial charge in [0.25, 0.3) is 5.91 Å². The summed E-state index contributed by atoms with van der Waals surface area (Å²) in [4.78, 5) is 11.6. The molecule has 2 rings (SSSR count). The van der Waals surface area contributed by atoms with E-state index in [0.717, 1.165) is 22.4 Å². The zero-order valence-electron chi connectivity index (χ0n) is 11.4. The lowest BCUT2D eigenvalue weighted by Crippen LogP contribution is -2.24. The summed E-state index contributed by atoms with van der Waals surface area (Å²) in [7, 11) is 0. The molecular formula is C15H16N2O3. The Morgan fingerprint density at radius 3 is 2.75 bits per heavy atom. The molecule has 0 bridgehead atoms. The van der Waals surface area contributed by atoms with Gasteiger partial charge < -0.3 is 9.15 Å². The number of nitrogens with one attached hydrogen (secondary N) is 1. The van der Waals surface area contributed by atoms with Crippen molar-refractivity contribution in [2.24, 2.45) is 5.10 Å². The summed E-state index contributed by atoms with van der Waals surface area (Å²) in [5.74, 6) is 0.425. The fourth-order valence-electron chi connectivity index (χ4n) is 1.72. The topological polar surface area (TPSA) is 63.8 Å². The van der Waals surface area contributed by atoms with Crippen molar-refractivity contribution in [2.75, 3.05) is 6.61 Å². The van der Waals surface area contributed by atoms with Crippen LogP contribution in [0.3, 0.4) is 0 Å². The molecule has 5 heteroatoms. The molecule has 0 atom stereocenters. The highest BCUT2D eigenvalue weighted by Gasteiger charge is 2.06. The molecule has 5 nitrogen and oxygen atoms in total. The monoisotopic (exact) mass is 272 g/mol. The highest BCUT2D eigenvalue weighted by atomic mass is 16.5. The standard InChI is InChI=1S/C15H16N2O3/c1-11-4-3-5-12(2)15(11)20-10-14(18)17-16-8-13-6-7-19-9-13/h3-9H,10H2,1-2H3,(H,17,18)/b16-8+. The fraction of sp³-hybridized carbons (Fsp3) is 0.200. The molecule has 1 aromatic carbocycles. The van der Waals surface area contributed by atoms with Crippen molar-refractivity contribution in [2.45, 2.75) is 13.8 Å². The number of para-hydroxylation sites is 1. The Morgan fingerprint density at radius 1 is 1.35 bits per heavy atom. The lowest BCUT2D eigenvalue weighted by Gasteiger charge is -2.10. The van der Waals surface area contributed by atoms with Crippen LogP contribution in [0.4, 0.5) is 0 Å². The van der Waals surface area contributed by atoms with Crippen LogP contribution in [0.5, 0.6) is 5.75 Å². The Kier molecular flexibility index (Phi) is 4.55. The number of hydrogen-bond acceptors (Lipinski definition) is 4. The van der Waals surface area contributed by atoms with Gasteiger partial charge in [-0.15, -0.1) is 0 Å². The highest BCUT2D eigenvalue weighted by Crippen LogP contribution is 2.21. The van der Waals surface area contributed by atoms with Crippen molar-refractivity contribution >= 4 is 12.1 Å². The second-order valence-corrected chi connectivity index (χ2v) is 4.36. The maximum absolute atomic E-state index is 11.6. The lowest BCUT2D eigenvalue weighted by molar-refractivity contribution is -0.123. The molecule has 1 N–H and O–H groups in total. The normalized spacial score (nSPS) is 10.7. The van der Waals surface area contributed by atoms with Gasteiger partial charge in [0.15, 0.2) is 6.61 Å². The van der Waals surface area contributed by atoms with Crippen molar-refractivity contribution < 1.29 is 13.9 Å². The molecule has 0 aliphatic rings. The van der Waals surface area contributed by atoms with Crippen LogP contribution in [0, 0.1) is 13.8 Å². The summed E-state index contributed by atoms with van der Waals surface area (Å²) in [5, 5.41) is 3.81. The fourth-order valence-corrected chi connectivity index (χ4v) is 1.72. The third-order valence-electron chi connectivity index (χ3n) is 2.70. The first kappa shape index (κ1) is 13.9. The van der Waals surface area contributed by atoms with Crippen LogP contribution < -0.4 is 10.2 Å². The van der Waals surface area contributed by atoms with E-state index >= 15 is 0 Å². The number of ether oxygens (including phenoxy) is 1. The van der Waals surface area contributed by atoms with E-state index in [1.807, 2.05) is 32.0 Å². The molecule has 104 valence electrons. The van der Waals surface area contributed by atoms with Gasteiger partial charge in [-0.25, -0.2) is 5.43 Å². The van der Waals surface area contributed by atoms with Crippen LogP contribution in [0.25, 0.3) is 0 Å². The van der Waals surface area contributed by atoms with Gasteiger partial charge in [0, 0.05) is 5.56 Å². The van der Waals surface area contributed by atoms with E-state index in [9.17, 15) is 4.79 Å². The van der Waals surface area contributed by atoms with Crippen LogP contribution >= 0.6 is 0 Å².